The third-order valence-electron chi connectivity index (χ3n) is 6.75. The van der Waals surface area contributed by atoms with E-state index in [1.54, 1.807) is 19.2 Å². The Morgan fingerprint density at radius 2 is 1.22 bits per heavy atom. The lowest BCUT2D eigenvalue weighted by atomic mass is 10.1. The SMILES string of the molecule is COc1cc(OC)c2c(=O)[nH]c(-c3cc(C)cc(OCCOCCOCCOCCOCCOCCOCCC(=O)OC(C)(C)C)c3)nc2c1. The van der Waals surface area contributed by atoms with E-state index < -0.39 is 5.60 Å². The lowest BCUT2D eigenvalue weighted by Crippen LogP contribution is -2.24. The molecule has 0 aliphatic carbocycles. The maximum absolute atomic E-state index is 12.9. The van der Waals surface area contributed by atoms with Crippen molar-refractivity contribution in [3.8, 4) is 28.6 Å². The zero-order valence-electron chi connectivity index (χ0n) is 30.1. The smallest absolute Gasteiger partial charge is 0.308 e. The molecule has 3 rings (SSSR count). The normalized spacial score (nSPS) is 11.6. The summed E-state index contributed by atoms with van der Waals surface area (Å²) in [7, 11) is 3.05. The molecule has 0 aliphatic rings. The van der Waals surface area contributed by atoms with Gasteiger partial charge >= 0.3 is 5.97 Å². The molecular weight excluding hydrogens is 652 g/mol. The number of aryl methyl sites for hydroxylation is 1. The van der Waals surface area contributed by atoms with Crippen molar-refractivity contribution in [1.29, 1.82) is 0 Å². The number of hydrogen-bond acceptors (Lipinski definition) is 13. The summed E-state index contributed by atoms with van der Waals surface area (Å²) < 4.78 is 54.8. The first kappa shape index (κ1) is 40.6. The van der Waals surface area contributed by atoms with Crippen LogP contribution in [0.2, 0.25) is 0 Å². The molecule has 14 heteroatoms. The fourth-order valence-electron chi connectivity index (χ4n) is 4.56. The number of hydrogen-bond donors (Lipinski definition) is 1. The summed E-state index contributed by atoms with van der Waals surface area (Å²) in [6.45, 7) is 12.9. The van der Waals surface area contributed by atoms with Crippen LogP contribution in [0.15, 0.2) is 35.1 Å². The topological polar surface area (TPSA) is 155 Å². The zero-order valence-corrected chi connectivity index (χ0v) is 30.1. The molecule has 0 aliphatic heterocycles. The number of ether oxygens (including phenoxy) is 10. The molecule has 50 heavy (non-hydrogen) atoms. The van der Waals surface area contributed by atoms with Gasteiger partial charge < -0.3 is 52.4 Å². The van der Waals surface area contributed by atoms with E-state index in [-0.39, 0.29) is 17.9 Å². The third kappa shape index (κ3) is 15.4. The van der Waals surface area contributed by atoms with Crippen LogP contribution in [0.3, 0.4) is 0 Å². The van der Waals surface area contributed by atoms with E-state index in [1.165, 1.54) is 7.11 Å². The molecule has 0 saturated carbocycles. The average Bonchev–Trinajstić information content (AvgIpc) is 3.07. The molecule has 3 aromatic rings. The molecule has 278 valence electrons. The summed E-state index contributed by atoms with van der Waals surface area (Å²) in [4.78, 5) is 32.0. The highest BCUT2D eigenvalue weighted by molar-refractivity contribution is 5.87. The van der Waals surface area contributed by atoms with E-state index in [9.17, 15) is 9.59 Å². The van der Waals surface area contributed by atoms with Gasteiger partial charge in [-0.15, -0.1) is 0 Å². The molecule has 0 amide bonds. The van der Waals surface area contributed by atoms with Gasteiger partial charge in [0.1, 0.15) is 40.7 Å². The number of carbonyl (C=O) groups is 1. The molecular formula is C36H52N2O12. The number of H-pyrrole nitrogens is 1. The number of methoxy groups -OCH3 is 2. The number of carbonyl (C=O) groups excluding carboxylic acids is 1. The van der Waals surface area contributed by atoms with E-state index in [0.29, 0.717) is 125 Å². The van der Waals surface area contributed by atoms with Gasteiger partial charge in [-0.25, -0.2) is 4.98 Å². The lowest BCUT2D eigenvalue weighted by molar-refractivity contribution is -0.156. The fourth-order valence-corrected chi connectivity index (χ4v) is 4.56. The minimum absolute atomic E-state index is 0.222. The lowest BCUT2D eigenvalue weighted by Gasteiger charge is -2.19. The van der Waals surface area contributed by atoms with Crippen molar-refractivity contribution >= 4 is 16.9 Å². The molecule has 1 heterocycles. The molecule has 1 N–H and O–H groups in total. The van der Waals surface area contributed by atoms with Crippen molar-refractivity contribution in [2.24, 2.45) is 0 Å². The molecule has 2 aromatic carbocycles. The van der Waals surface area contributed by atoms with Gasteiger partial charge in [0, 0.05) is 17.7 Å². The fraction of sp³-hybridized carbons (Fsp3) is 0.583. The van der Waals surface area contributed by atoms with Crippen molar-refractivity contribution in [1.82, 2.24) is 9.97 Å². The average molecular weight is 705 g/mol. The van der Waals surface area contributed by atoms with Crippen molar-refractivity contribution in [2.45, 2.75) is 39.7 Å². The highest BCUT2D eigenvalue weighted by atomic mass is 16.6. The van der Waals surface area contributed by atoms with Gasteiger partial charge in [0.05, 0.1) is 105 Å². The molecule has 0 spiro atoms. The number of benzene rings is 2. The second kappa shape index (κ2) is 22.1. The molecule has 0 fully saturated rings. The number of aromatic nitrogens is 2. The molecule has 0 bridgehead atoms. The Kier molecular flexibility index (Phi) is 18.0. The number of nitrogens with one attached hydrogen (secondary N) is 1. The molecule has 14 nitrogen and oxygen atoms in total. The summed E-state index contributed by atoms with van der Waals surface area (Å²) in [5.41, 5.74) is 1.34. The van der Waals surface area contributed by atoms with Crippen LogP contribution in [0.5, 0.6) is 17.2 Å². The zero-order chi connectivity index (χ0) is 36.2. The maximum atomic E-state index is 12.9. The number of rotatable bonds is 25. The van der Waals surface area contributed by atoms with E-state index >= 15 is 0 Å². The summed E-state index contributed by atoms with van der Waals surface area (Å²) in [6, 6.07) is 9.01. The Labute approximate surface area is 293 Å². The minimum Gasteiger partial charge on any atom is -0.497 e. The summed E-state index contributed by atoms with van der Waals surface area (Å²) in [5, 5.41) is 0.354. The second-order valence-corrected chi connectivity index (χ2v) is 12.0. The highest BCUT2D eigenvalue weighted by Gasteiger charge is 2.16. The van der Waals surface area contributed by atoms with Gasteiger partial charge in [-0.1, -0.05) is 0 Å². The van der Waals surface area contributed by atoms with E-state index in [1.807, 2.05) is 45.9 Å². The maximum Gasteiger partial charge on any atom is 0.308 e. The van der Waals surface area contributed by atoms with Crippen molar-refractivity contribution < 1.29 is 52.2 Å². The second-order valence-electron chi connectivity index (χ2n) is 12.0. The van der Waals surface area contributed by atoms with Gasteiger partial charge in [0.25, 0.3) is 5.56 Å². The van der Waals surface area contributed by atoms with E-state index in [4.69, 9.17) is 47.4 Å². The first-order valence-electron chi connectivity index (χ1n) is 16.7. The van der Waals surface area contributed by atoms with Crippen LogP contribution in [0.4, 0.5) is 0 Å². The molecule has 1 aromatic heterocycles. The van der Waals surface area contributed by atoms with E-state index in [0.717, 1.165) is 5.56 Å². The van der Waals surface area contributed by atoms with E-state index in [2.05, 4.69) is 9.97 Å². The Morgan fingerprint density at radius 1 is 0.680 bits per heavy atom. The Balaban J connectivity index is 1.18. The highest BCUT2D eigenvalue weighted by Crippen LogP contribution is 2.30. The van der Waals surface area contributed by atoms with Gasteiger partial charge in [-0.2, -0.15) is 0 Å². The van der Waals surface area contributed by atoms with Crippen molar-refractivity contribution in [3.05, 3.63) is 46.2 Å². The minimum atomic E-state index is -0.484. The first-order chi connectivity index (χ1) is 24.1. The van der Waals surface area contributed by atoms with Gasteiger partial charge in [-0.05, 0) is 51.5 Å². The molecule has 0 atom stereocenters. The largest absolute Gasteiger partial charge is 0.497 e. The van der Waals surface area contributed by atoms with Crippen molar-refractivity contribution in [2.75, 3.05) is 100 Å². The standard InChI is InChI=1S/C36H52N2O12/c1-26-21-27(34-37-30-24-28(41-5)25-31(42-6)33(30)35(40)38-34)23-29(22-26)49-20-19-48-18-17-47-16-15-46-14-13-45-12-11-44-10-9-43-8-7-32(39)50-36(2,3)4/h21-25H,7-20H2,1-6H3,(H,37,38,40). The Morgan fingerprint density at radius 3 is 1.74 bits per heavy atom. The summed E-state index contributed by atoms with van der Waals surface area (Å²) in [5.74, 6) is 1.71. The van der Waals surface area contributed by atoms with Gasteiger partial charge in [0.15, 0.2) is 0 Å². The molecule has 0 saturated heterocycles. The summed E-state index contributed by atoms with van der Waals surface area (Å²) >= 11 is 0. The monoisotopic (exact) mass is 704 g/mol. The van der Waals surface area contributed by atoms with Crippen LogP contribution in [0, 0.1) is 6.92 Å². The van der Waals surface area contributed by atoms with Gasteiger partial charge in [0.2, 0.25) is 0 Å². The Hall–Kier alpha value is -3.79. The first-order valence-corrected chi connectivity index (χ1v) is 16.7. The number of nitrogens with zero attached hydrogens (tertiary/aromatic N) is 1. The van der Waals surface area contributed by atoms with Gasteiger partial charge in [-0.3, -0.25) is 9.59 Å². The Bertz CT molecular complexity index is 1500. The number of fused-ring (bicyclic) bond motifs is 1. The quantitative estimate of drug-likeness (QED) is 0.0994. The third-order valence-corrected chi connectivity index (χ3v) is 6.75. The van der Waals surface area contributed by atoms with Crippen LogP contribution in [-0.2, 0) is 38.0 Å². The molecule has 0 radical (unpaired) electrons. The van der Waals surface area contributed by atoms with Crippen LogP contribution in [-0.4, -0.2) is 122 Å². The summed E-state index contributed by atoms with van der Waals surface area (Å²) in [6.07, 6.45) is 0.222. The van der Waals surface area contributed by atoms with Crippen molar-refractivity contribution in [3.63, 3.8) is 0 Å². The van der Waals surface area contributed by atoms with Crippen LogP contribution in [0.25, 0.3) is 22.3 Å². The predicted molar refractivity (Wildman–Crippen MR) is 187 cm³/mol. The number of aromatic amines is 1. The van der Waals surface area contributed by atoms with Crippen LogP contribution >= 0.6 is 0 Å². The predicted octanol–water partition coefficient (Wildman–Crippen LogP) is 4.13. The number of esters is 1. The van der Waals surface area contributed by atoms with Crippen LogP contribution in [0.1, 0.15) is 32.8 Å². The molecule has 0 unspecified atom stereocenters. The van der Waals surface area contributed by atoms with Crippen LogP contribution < -0.4 is 19.8 Å².